The number of anilines is 1. The molecule has 0 bridgehead atoms. The highest BCUT2D eigenvalue weighted by Gasteiger charge is 2.47. The quantitative estimate of drug-likeness (QED) is 0.710. The van der Waals surface area contributed by atoms with Crippen LogP contribution in [-0.4, -0.2) is 46.9 Å². The molecule has 12 heteroatoms. The van der Waals surface area contributed by atoms with Crippen molar-refractivity contribution in [1.29, 1.82) is 0 Å². The first-order valence-electron chi connectivity index (χ1n) is 8.57. The molecule has 160 valence electrons. The van der Waals surface area contributed by atoms with Crippen molar-refractivity contribution in [3.05, 3.63) is 53.9 Å². The number of halogens is 3. The number of pyridine rings is 1. The van der Waals surface area contributed by atoms with Gasteiger partial charge in [-0.05, 0) is 42.8 Å². The summed E-state index contributed by atoms with van der Waals surface area (Å²) in [7, 11) is -5.54. The first-order chi connectivity index (χ1) is 14.0. The molecule has 0 spiro atoms. The van der Waals surface area contributed by atoms with Crippen molar-refractivity contribution in [2.45, 2.75) is 36.5 Å². The molecule has 3 rings (SSSR count). The van der Waals surface area contributed by atoms with Crippen LogP contribution in [0.15, 0.2) is 47.6 Å². The van der Waals surface area contributed by atoms with Crippen LogP contribution in [-0.2, 0) is 27.8 Å². The van der Waals surface area contributed by atoms with Gasteiger partial charge in [0.05, 0.1) is 17.2 Å². The van der Waals surface area contributed by atoms with E-state index in [1.54, 1.807) is 6.07 Å². The first kappa shape index (κ1) is 21.7. The van der Waals surface area contributed by atoms with Crippen molar-refractivity contribution in [3.63, 3.8) is 0 Å². The van der Waals surface area contributed by atoms with Crippen LogP contribution < -0.4 is 4.90 Å². The van der Waals surface area contributed by atoms with E-state index in [1.807, 2.05) is 0 Å². The number of aliphatic hydroxyl groups is 1. The molecule has 1 aliphatic rings. The third-order valence-electron chi connectivity index (χ3n) is 4.71. The number of carbonyl (C=O) groups is 2. The zero-order valence-corrected chi connectivity index (χ0v) is 16.3. The first-order valence-corrected chi connectivity index (χ1v) is 10.1. The van der Waals surface area contributed by atoms with Crippen LogP contribution in [0.2, 0.25) is 0 Å². The molecule has 2 aromatic rings. The fourth-order valence-electron chi connectivity index (χ4n) is 2.99. The number of carbonyl (C=O) groups excluding carboxylic acids is 2. The van der Waals surface area contributed by atoms with Crippen molar-refractivity contribution in [2.24, 2.45) is 0 Å². The normalized spacial score (nSPS) is 17.7. The Morgan fingerprint density at radius 3 is 2.30 bits per heavy atom. The lowest BCUT2D eigenvalue weighted by Crippen LogP contribution is -2.33. The van der Waals surface area contributed by atoms with E-state index in [1.165, 1.54) is 24.2 Å². The van der Waals surface area contributed by atoms with Crippen LogP contribution >= 0.6 is 0 Å². The number of sulfone groups is 1. The Bertz CT molecular complexity index is 1090. The van der Waals surface area contributed by atoms with Crippen molar-refractivity contribution >= 4 is 27.5 Å². The summed E-state index contributed by atoms with van der Waals surface area (Å²) < 4.78 is 61.0. The second-order valence-electron chi connectivity index (χ2n) is 6.51. The highest BCUT2D eigenvalue weighted by molar-refractivity contribution is 7.92. The Kier molecular flexibility index (Phi) is 5.56. The van der Waals surface area contributed by atoms with Gasteiger partial charge in [-0.25, -0.2) is 18.1 Å². The number of hydrogen-bond acceptors (Lipinski definition) is 6. The van der Waals surface area contributed by atoms with E-state index in [-0.39, 0.29) is 18.8 Å². The van der Waals surface area contributed by atoms with E-state index in [0.717, 1.165) is 17.0 Å². The van der Waals surface area contributed by atoms with Gasteiger partial charge in [-0.3, -0.25) is 9.78 Å². The lowest BCUT2D eigenvalue weighted by Gasteiger charge is -2.20. The number of imide groups is 1. The molecule has 1 saturated heterocycles. The molecule has 30 heavy (non-hydrogen) atoms. The van der Waals surface area contributed by atoms with Gasteiger partial charge in [0.1, 0.15) is 6.04 Å². The topological polar surface area (TPSA) is 108 Å². The van der Waals surface area contributed by atoms with E-state index < -0.39 is 38.2 Å². The number of aromatic nitrogens is 1. The fourth-order valence-corrected chi connectivity index (χ4v) is 3.76. The summed E-state index contributed by atoms with van der Waals surface area (Å²) in [6.07, 6.45) is 2.90. The summed E-state index contributed by atoms with van der Waals surface area (Å²) in [5.74, 6) is -0.619. The van der Waals surface area contributed by atoms with Gasteiger partial charge in [-0.1, -0.05) is 0 Å². The average Bonchev–Trinajstić information content (AvgIpc) is 2.91. The summed E-state index contributed by atoms with van der Waals surface area (Å²) >= 11 is 0. The third kappa shape index (κ3) is 3.63. The Hall–Kier alpha value is -2.99. The zero-order chi connectivity index (χ0) is 22.3. The van der Waals surface area contributed by atoms with Crippen LogP contribution in [0, 0.1) is 0 Å². The summed E-state index contributed by atoms with van der Waals surface area (Å²) in [6.45, 7) is 1.18. The van der Waals surface area contributed by atoms with Gasteiger partial charge < -0.3 is 10.0 Å². The van der Waals surface area contributed by atoms with E-state index in [4.69, 9.17) is 0 Å². The molecule has 1 aromatic heterocycles. The minimum atomic E-state index is -5.54. The van der Waals surface area contributed by atoms with Gasteiger partial charge >= 0.3 is 11.5 Å². The number of aliphatic hydroxyl groups excluding tert-OH is 1. The smallest absolute Gasteiger partial charge is 0.392 e. The van der Waals surface area contributed by atoms with E-state index >= 15 is 0 Å². The van der Waals surface area contributed by atoms with Crippen molar-refractivity contribution in [2.75, 3.05) is 4.90 Å². The molecule has 3 amide bonds. The number of rotatable bonds is 5. The van der Waals surface area contributed by atoms with Crippen molar-refractivity contribution in [3.8, 4) is 0 Å². The third-order valence-corrected chi connectivity index (χ3v) is 6.21. The molecular formula is C18H16F3N3O5S. The number of benzene rings is 1. The summed E-state index contributed by atoms with van der Waals surface area (Å²) in [4.78, 5) is 30.3. The number of urea groups is 1. The van der Waals surface area contributed by atoms with Gasteiger partial charge in [0, 0.05) is 24.5 Å². The lowest BCUT2D eigenvalue weighted by atomic mass is 10.1. The molecule has 0 aliphatic carbocycles. The Labute approximate surface area is 169 Å². The molecule has 2 heterocycles. The van der Waals surface area contributed by atoms with Crippen molar-refractivity contribution in [1.82, 2.24) is 9.88 Å². The Balaban J connectivity index is 1.89. The molecule has 8 nitrogen and oxygen atoms in total. The summed E-state index contributed by atoms with van der Waals surface area (Å²) in [6, 6.07) is 3.31. The van der Waals surface area contributed by atoms with E-state index in [9.17, 15) is 36.3 Å². The largest absolute Gasteiger partial charge is 0.501 e. The van der Waals surface area contributed by atoms with Crippen LogP contribution in [0.4, 0.5) is 23.7 Å². The van der Waals surface area contributed by atoms with Gasteiger partial charge in [-0.15, -0.1) is 0 Å². The number of nitrogens with zero attached hydrogens (tertiary/aromatic N) is 3. The predicted octanol–water partition coefficient (Wildman–Crippen LogP) is 2.22. The standard InChI is InChI=1S/C18H16F3N3O5S/c1-11-16(26)24(14-2-4-15(5-3-14)30(28,29)18(19,20)21)17(27)23(11)9-12-6-7-22-8-13(12)10-25/h2-8,11,25H,9-10H2,1H3. The van der Waals surface area contributed by atoms with Gasteiger partial charge in [-0.2, -0.15) is 13.2 Å². The van der Waals surface area contributed by atoms with Gasteiger partial charge in [0.25, 0.3) is 15.7 Å². The fraction of sp³-hybridized carbons (Fsp3) is 0.278. The molecule has 1 aromatic carbocycles. The monoisotopic (exact) mass is 443 g/mol. The van der Waals surface area contributed by atoms with Crippen LogP contribution in [0.5, 0.6) is 0 Å². The van der Waals surface area contributed by atoms with Gasteiger partial charge in [0.15, 0.2) is 0 Å². The highest BCUT2D eigenvalue weighted by Crippen LogP contribution is 2.32. The van der Waals surface area contributed by atoms with E-state index in [2.05, 4.69) is 4.98 Å². The summed E-state index contributed by atoms with van der Waals surface area (Å²) in [5, 5.41) is 9.41. The highest BCUT2D eigenvalue weighted by atomic mass is 32.2. The number of alkyl halides is 3. The Morgan fingerprint density at radius 2 is 1.73 bits per heavy atom. The maximum Gasteiger partial charge on any atom is 0.501 e. The molecule has 1 aliphatic heterocycles. The van der Waals surface area contributed by atoms with Crippen LogP contribution in [0.25, 0.3) is 0 Å². The second kappa shape index (κ2) is 7.69. The lowest BCUT2D eigenvalue weighted by molar-refractivity contribution is -0.119. The van der Waals surface area contributed by atoms with E-state index in [0.29, 0.717) is 23.3 Å². The molecular weight excluding hydrogens is 427 g/mol. The second-order valence-corrected chi connectivity index (χ2v) is 8.45. The molecule has 0 saturated carbocycles. The number of amides is 3. The van der Waals surface area contributed by atoms with Gasteiger partial charge in [0.2, 0.25) is 0 Å². The maximum absolute atomic E-state index is 12.8. The molecule has 1 unspecified atom stereocenters. The predicted molar refractivity (Wildman–Crippen MR) is 97.7 cm³/mol. The zero-order valence-electron chi connectivity index (χ0n) is 15.5. The Morgan fingerprint density at radius 1 is 1.10 bits per heavy atom. The molecule has 1 atom stereocenters. The van der Waals surface area contributed by atoms with Crippen LogP contribution in [0.3, 0.4) is 0 Å². The minimum absolute atomic E-state index is 0.00118. The number of hydrogen-bond donors (Lipinski definition) is 1. The molecule has 0 radical (unpaired) electrons. The summed E-state index contributed by atoms with van der Waals surface area (Å²) in [5.41, 5.74) is -4.47. The van der Waals surface area contributed by atoms with Crippen LogP contribution in [0.1, 0.15) is 18.1 Å². The minimum Gasteiger partial charge on any atom is -0.392 e. The molecule has 1 N–H and O–H groups in total. The average molecular weight is 443 g/mol. The SMILES string of the molecule is CC1C(=O)N(c2ccc(S(=O)(=O)C(F)(F)F)cc2)C(=O)N1Cc1ccncc1CO. The maximum atomic E-state index is 12.8. The van der Waals surface area contributed by atoms with Crippen molar-refractivity contribution < 1.29 is 36.3 Å². The molecule has 1 fully saturated rings.